The van der Waals surface area contributed by atoms with Crippen LogP contribution in [0.4, 0.5) is 17.1 Å². The van der Waals surface area contributed by atoms with Gasteiger partial charge in [0, 0.05) is 38.3 Å². The summed E-state index contributed by atoms with van der Waals surface area (Å²) in [4.78, 5) is 1.90. The molecule has 0 fully saturated rings. The number of fused-ring (bicyclic) bond motifs is 9. The zero-order valence-corrected chi connectivity index (χ0v) is 28.5. The molecule has 11 aromatic rings. The summed E-state index contributed by atoms with van der Waals surface area (Å²) in [6.45, 7) is 0. The van der Waals surface area contributed by atoms with Crippen molar-refractivity contribution in [3.63, 3.8) is 0 Å². The molecule has 0 bridgehead atoms. The third-order valence-corrected chi connectivity index (χ3v) is 10.4. The second kappa shape index (κ2) is 11.7. The van der Waals surface area contributed by atoms with Crippen molar-refractivity contribution in [3.8, 4) is 16.8 Å². The molecule has 53 heavy (non-hydrogen) atoms. The first-order chi connectivity index (χ1) is 28.0. The average molecular weight is 681 g/mol. The largest absolute Gasteiger partial charge is 0.455 e. The second-order valence-corrected chi connectivity index (χ2v) is 13.4. The van der Waals surface area contributed by atoms with E-state index in [2.05, 4.69) is 53.1 Å². The molecular weight excluding hydrogens is 645 g/mol. The molecule has 0 saturated heterocycles. The minimum absolute atomic E-state index is 0.113. The first-order valence-corrected chi connectivity index (χ1v) is 17.8. The average Bonchev–Trinajstić information content (AvgIpc) is 3.81. The Labute approximate surface area is 311 Å². The summed E-state index contributed by atoms with van der Waals surface area (Å²) in [5, 5.41) is 7.70. The van der Waals surface area contributed by atoms with Crippen LogP contribution in [0, 0.1) is 0 Å². The van der Waals surface area contributed by atoms with Crippen molar-refractivity contribution >= 4 is 82.4 Å². The van der Waals surface area contributed by atoms with Crippen LogP contribution in [0.15, 0.2) is 198 Å². The summed E-state index contributed by atoms with van der Waals surface area (Å²) in [5.74, 6) is 0. The SMILES string of the molecule is [2H]c1c([2H])c(N(c2cccc3ccccc23)c2cccc3oc4c5ccccc5ccc4c23)c([2H])c([2H])c1-c1ccc2c(c1)c1ccccc1n2-c1ccccc1. The number of benzene rings is 9. The molecule has 11 rings (SSSR count). The number of hydrogen-bond acceptors (Lipinski definition) is 2. The maximum absolute atomic E-state index is 9.75. The van der Waals surface area contributed by atoms with Gasteiger partial charge < -0.3 is 13.9 Å². The second-order valence-electron chi connectivity index (χ2n) is 13.4. The molecule has 0 aliphatic heterocycles. The smallest absolute Gasteiger partial charge is 0.143 e. The van der Waals surface area contributed by atoms with Gasteiger partial charge in [-0.05, 0) is 88.6 Å². The molecule has 0 spiro atoms. The zero-order valence-electron chi connectivity index (χ0n) is 32.5. The zero-order chi connectivity index (χ0) is 38.4. The molecule has 0 N–H and O–H groups in total. The van der Waals surface area contributed by atoms with Crippen molar-refractivity contribution in [2.45, 2.75) is 0 Å². The predicted molar refractivity (Wildman–Crippen MR) is 223 cm³/mol. The quantitative estimate of drug-likeness (QED) is 0.180. The summed E-state index contributed by atoms with van der Waals surface area (Å²) >= 11 is 0. The van der Waals surface area contributed by atoms with Gasteiger partial charge in [-0.1, -0.05) is 127 Å². The fourth-order valence-electron chi connectivity index (χ4n) is 8.04. The Kier molecular flexibility index (Phi) is 5.71. The van der Waals surface area contributed by atoms with Crippen molar-refractivity contribution in [2.24, 2.45) is 0 Å². The van der Waals surface area contributed by atoms with Crippen molar-refractivity contribution in [3.05, 3.63) is 194 Å². The van der Waals surface area contributed by atoms with E-state index < -0.39 is 0 Å². The van der Waals surface area contributed by atoms with Gasteiger partial charge in [-0.3, -0.25) is 0 Å². The van der Waals surface area contributed by atoms with Gasteiger partial charge >= 0.3 is 0 Å². The standard InChI is InChI=1S/C50H32N2O/c1-2-15-37(16-3-1)51-45-20-9-8-19-41(45)43-32-36(27-31-46(43)51)33-24-28-38(29-25-33)52(44-21-10-14-34-12-4-6-17-39(34)44)47-22-11-23-48-49(47)42-30-26-35-13-5-7-18-40(35)50(42)53-48/h1-32H/i24D,25D,28D,29D. The highest BCUT2D eigenvalue weighted by atomic mass is 16.3. The van der Waals surface area contributed by atoms with E-state index in [9.17, 15) is 5.48 Å². The number of aromatic nitrogens is 1. The Morgan fingerprint density at radius 3 is 1.96 bits per heavy atom. The highest BCUT2D eigenvalue weighted by molar-refractivity contribution is 6.20. The van der Waals surface area contributed by atoms with E-state index in [1.165, 1.54) is 0 Å². The van der Waals surface area contributed by atoms with E-state index >= 15 is 0 Å². The molecule has 0 atom stereocenters. The lowest BCUT2D eigenvalue weighted by atomic mass is 10.0. The lowest BCUT2D eigenvalue weighted by Crippen LogP contribution is -2.10. The van der Waals surface area contributed by atoms with E-state index in [0.717, 1.165) is 71.1 Å². The number of hydrogen-bond donors (Lipinski definition) is 0. The van der Waals surface area contributed by atoms with E-state index in [4.69, 9.17) is 4.42 Å². The van der Waals surface area contributed by atoms with Crippen molar-refractivity contribution in [1.82, 2.24) is 4.57 Å². The highest BCUT2D eigenvalue weighted by Crippen LogP contribution is 2.46. The molecule has 9 aromatic carbocycles. The Hall–Kier alpha value is -7.10. The topological polar surface area (TPSA) is 21.3 Å². The van der Waals surface area contributed by atoms with Gasteiger partial charge in [0.05, 0.1) is 33.3 Å². The molecule has 3 nitrogen and oxygen atoms in total. The third-order valence-electron chi connectivity index (χ3n) is 10.4. The van der Waals surface area contributed by atoms with Crippen molar-refractivity contribution in [1.29, 1.82) is 0 Å². The molecule has 0 amide bonds. The summed E-state index contributed by atoms with van der Waals surface area (Å²) in [5.41, 5.74) is 6.96. The van der Waals surface area contributed by atoms with E-state index in [1.807, 2.05) is 126 Å². The summed E-state index contributed by atoms with van der Waals surface area (Å²) in [7, 11) is 0. The van der Waals surface area contributed by atoms with Gasteiger partial charge in [-0.25, -0.2) is 0 Å². The normalized spacial score (nSPS) is 12.8. The molecule has 0 unspecified atom stereocenters. The van der Waals surface area contributed by atoms with Gasteiger partial charge in [-0.15, -0.1) is 0 Å². The fraction of sp³-hybridized carbons (Fsp3) is 0. The molecular formula is C50H32N2O. The van der Waals surface area contributed by atoms with Crippen LogP contribution in [-0.2, 0) is 0 Å². The Balaban J connectivity index is 1.18. The Morgan fingerprint density at radius 2 is 1.11 bits per heavy atom. The Bertz CT molecular complexity index is 3390. The first kappa shape index (κ1) is 25.8. The van der Waals surface area contributed by atoms with Crippen molar-refractivity contribution < 1.29 is 9.90 Å². The fourth-order valence-corrected chi connectivity index (χ4v) is 8.04. The van der Waals surface area contributed by atoms with E-state index in [-0.39, 0.29) is 35.4 Å². The monoisotopic (exact) mass is 680 g/mol. The van der Waals surface area contributed by atoms with Crippen LogP contribution in [-0.4, -0.2) is 4.57 Å². The molecule has 3 heteroatoms. The molecule has 0 aliphatic rings. The Morgan fingerprint density at radius 1 is 0.453 bits per heavy atom. The number of anilines is 3. The summed E-state index contributed by atoms with van der Waals surface area (Å²) < 4.78 is 47.6. The molecule has 2 aromatic heterocycles. The van der Waals surface area contributed by atoms with Gasteiger partial charge in [0.1, 0.15) is 11.2 Å². The van der Waals surface area contributed by atoms with Gasteiger partial charge in [0.2, 0.25) is 0 Å². The molecule has 2 heterocycles. The lowest BCUT2D eigenvalue weighted by molar-refractivity contribution is 0.672. The van der Waals surface area contributed by atoms with Crippen molar-refractivity contribution in [2.75, 3.05) is 4.90 Å². The number of para-hydroxylation sites is 2. The van der Waals surface area contributed by atoms with Crippen LogP contribution >= 0.6 is 0 Å². The van der Waals surface area contributed by atoms with E-state index in [1.54, 1.807) is 0 Å². The molecule has 0 saturated carbocycles. The van der Waals surface area contributed by atoms with Gasteiger partial charge in [0.25, 0.3) is 0 Å². The minimum Gasteiger partial charge on any atom is -0.455 e. The number of rotatable bonds is 5. The van der Waals surface area contributed by atoms with Crippen LogP contribution in [0.25, 0.3) is 82.1 Å². The van der Waals surface area contributed by atoms with Crippen LogP contribution in [0.5, 0.6) is 0 Å². The maximum atomic E-state index is 9.75. The summed E-state index contributed by atoms with van der Waals surface area (Å²) in [6.07, 6.45) is 0. The number of furan rings is 1. The lowest BCUT2D eigenvalue weighted by Gasteiger charge is -2.27. The maximum Gasteiger partial charge on any atom is 0.143 e. The van der Waals surface area contributed by atoms with Crippen LogP contribution < -0.4 is 4.90 Å². The molecule has 248 valence electrons. The predicted octanol–water partition coefficient (Wildman–Crippen LogP) is 14.1. The first-order valence-electron chi connectivity index (χ1n) is 19.8. The van der Waals surface area contributed by atoms with Crippen LogP contribution in [0.2, 0.25) is 0 Å². The van der Waals surface area contributed by atoms with Gasteiger partial charge in [-0.2, -0.15) is 0 Å². The summed E-state index contributed by atoms with van der Waals surface area (Å²) in [6, 6.07) is 56.0. The molecule has 0 aliphatic carbocycles. The highest BCUT2D eigenvalue weighted by Gasteiger charge is 2.22. The van der Waals surface area contributed by atoms with Gasteiger partial charge in [0.15, 0.2) is 0 Å². The van der Waals surface area contributed by atoms with Crippen LogP contribution in [0.3, 0.4) is 0 Å². The van der Waals surface area contributed by atoms with E-state index in [0.29, 0.717) is 16.8 Å². The molecule has 0 radical (unpaired) electrons. The van der Waals surface area contributed by atoms with Crippen LogP contribution in [0.1, 0.15) is 5.48 Å². The minimum atomic E-state index is -0.138. The third kappa shape index (κ3) is 4.61. The number of nitrogens with zero attached hydrogens (tertiary/aromatic N) is 2.